The van der Waals surface area contributed by atoms with Crippen molar-refractivity contribution >= 4 is 17.2 Å². The minimum atomic E-state index is -1.42. The number of ether oxygens (including phenoxy) is 1. The van der Waals surface area contributed by atoms with Gasteiger partial charge in [-0.1, -0.05) is 0 Å². The van der Waals surface area contributed by atoms with E-state index in [2.05, 4.69) is 15.4 Å². The number of amides is 1. The van der Waals surface area contributed by atoms with E-state index in [0.29, 0.717) is 11.2 Å². The number of β-lactam (4-membered cyclic amide) rings is 1. The molecule has 2 fully saturated rings. The molecule has 0 aromatic carbocycles. The third-order valence-electron chi connectivity index (χ3n) is 4.72. The molecule has 0 unspecified atom stereocenters. The van der Waals surface area contributed by atoms with Gasteiger partial charge in [0.15, 0.2) is 5.82 Å². The fraction of sp³-hybridized carbons (Fsp3) is 0.462. The smallest absolute Gasteiger partial charge is 0.261 e. The number of hydrogen-bond acceptors (Lipinski definition) is 7. The summed E-state index contributed by atoms with van der Waals surface area (Å²) in [5, 5.41) is 26.6. The second-order valence-corrected chi connectivity index (χ2v) is 5.78. The molecule has 9 nitrogen and oxygen atoms in total. The van der Waals surface area contributed by atoms with Gasteiger partial charge < -0.3 is 26.0 Å². The molecule has 2 saturated heterocycles. The largest absolute Gasteiger partial charge is 0.394 e. The molecule has 22 heavy (non-hydrogen) atoms. The summed E-state index contributed by atoms with van der Waals surface area (Å²) >= 11 is 0. The van der Waals surface area contributed by atoms with Crippen LogP contribution in [0.15, 0.2) is 18.5 Å². The molecule has 0 aliphatic carbocycles. The highest BCUT2D eigenvalue weighted by molar-refractivity contribution is 5.97. The molecular weight excluding hydrogens is 290 g/mol. The van der Waals surface area contributed by atoms with Crippen molar-refractivity contribution in [3.05, 3.63) is 24.2 Å². The van der Waals surface area contributed by atoms with Crippen molar-refractivity contribution in [1.82, 2.24) is 19.9 Å². The van der Waals surface area contributed by atoms with Crippen molar-refractivity contribution < 1.29 is 19.7 Å². The van der Waals surface area contributed by atoms with Gasteiger partial charge in [0, 0.05) is 0 Å². The number of nitrogens with zero attached hydrogens (tertiary/aromatic N) is 3. The third-order valence-corrected chi connectivity index (χ3v) is 4.72. The molecule has 0 saturated carbocycles. The van der Waals surface area contributed by atoms with Crippen molar-refractivity contribution in [3.8, 4) is 0 Å². The number of anilines is 1. The molecule has 0 bridgehead atoms. The first kappa shape index (κ1) is 13.4. The molecule has 9 heteroatoms. The van der Waals surface area contributed by atoms with Crippen molar-refractivity contribution in [2.24, 2.45) is 0 Å². The standard InChI is InChI=1S/C13H15N5O4/c1-12-9(20)7(4-19)22-13(12,11(21)17-12)8-3-2-6-10(14)15-5-16-18(6)8/h2-3,5,7,9,19-20H,4H2,1H3,(H,17,21)(H2,14,15,16)/t7-,9-,12-,13-/m1/s1. The van der Waals surface area contributed by atoms with Crippen LogP contribution in [0.1, 0.15) is 12.6 Å². The summed E-state index contributed by atoms with van der Waals surface area (Å²) in [5.41, 5.74) is 4.32. The van der Waals surface area contributed by atoms with E-state index in [0.717, 1.165) is 0 Å². The van der Waals surface area contributed by atoms with Gasteiger partial charge in [0.1, 0.15) is 29.6 Å². The molecule has 5 N–H and O–H groups in total. The zero-order chi connectivity index (χ0) is 15.7. The fourth-order valence-electron chi connectivity index (χ4n) is 3.51. The first-order chi connectivity index (χ1) is 10.5. The Morgan fingerprint density at radius 1 is 1.55 bits per heavy atom. The summed E-state index contributed by atoms with van der Waals surface area (Å²) in [6.45, 7) is 1.28. The molecule has 2 aliphatic heterocycles. The van der Waals surface area contributed by atoms with E-state index in [1.165, 1.54) is 10.8 Å². The zero-order valence-electron chi connectivity index (χ0n) is 11.7. The van der Waals surface area contributed by atoms with E-state index in [9.17, 15) is 15.0 Å². The maximum Gasteiger partial charge on any atom is 0.261 e. The van der Waals surface area contributed by atoms with Crippen LogP contribution in [0.3, 0.4) is 0 Å². The molecular formula is C13H15N5O4. The second kappa shape index (κ2) is 3.94. The van der Waals surface area contributed by atoms with Gasteiger partial charge in [-0.2, -0.15) is 5.10 Å². The molecule has 1 amide bonds. The highest BCUT2D eigenvalue weighted by Gasteiger charge is 2.76. The SMILES string of the molecule is C[C@]12NC(=O)[C@@]1(c1ccc3c(N)ncnn13)O[C@H](CO)[C@H]2O. The van der Waals surface area contributed by atoms with E-state index in [4.69, 9.17) is 10.5 Å². The van der Waals surface area contributed by atoms with Gasteiger partial charge in [0.2, 0.25) is 5.60 Å². The fourth-order valence-corrected chi connectivity index (χ4v) is 3.51. The number of nitrogens with two attached hydrogens (primary N) is 1. The Labute approximate surface area is 124 Å². The number of nitrogens with one attached hydrogen (secondary N) is 1. The van der Waals surface area contributed by atoms with Gasteiger partial charge in [-0.05, 0) is 19.1 Å². The van der Waals surface area contributed by atoms with Crippen LogP contribution in [0.4, 0.5) is 5.82 Å². The van der Waals surface area contributed by atoms with Crippen molar-refractivity contribution in [2.45, 2.75) is 30.3 Å². The Balaban J connectivity index is 1.96. The molecule has 4 heterocycles. The van der Waals surface area contributed by atoms with Crippen LogP contribution in [0.2, 0.25) is 0 Å². The molecule has 4 atom stereocenters. The summed E-state index contributed by atoms with van der Waals surface area (Å²) in [7, 11) is 0. The number of aromatic nitrogens is 3. The Morgan fingerprint density at radius 3 is 3.00 bits per heavy atom. The predicted octanol–water partition coefficient (Wildman–Crippen LogP) is -1.85. The van der Waals surface area contributed by atoms with E-state index in [1.807, 2.05) is 0 Å². The molecule has 2 aromatic heterocycles. The Kier molecular flexibility index (Phi) is 2.41. The Hall–Kier alpha value is -2.23. The molecule has 116 valence electrons. The molecule has 2 aromatic rings. The van der Waals surface area contributed by atoms with Gasteiger partial charge >= 0.3 is 0 Å². The Morgan fingerprint density at radius 2 is 2.32 bits per heavy atom. The summed E-state index contributed by atoms with van der Waals surface area (Å²) in [6, 6.07) is 3.36. The average molecular weight is 305 g/mol. The third kappa shape index (κ3) is 1.23. The van der Waals surface area contributed by atoms with Crippen LogP contribution < -0.4 is 11.1 Å². The normalized spacial score (nSPS) is 37.0. The van der Waals surface area contributed by atoms with Crippen LogP contribution in [0.5, 0.6) is 0 Å². The number of nitrogen functional groups attached to an aromatic ring is 1. The van der Waals surface area contributed by atoms with Crippen molar-refractivity contribution in [3.63, 3.8) is 0 Å². The number of hydrogen-bond donors (Lipinski definition) is 4. The lowest BCUT2D eigenvalue weighted by molar-refractivity contribution is -0.178. The number of carbonyl (C=O) groups excluding carboxylic acids is 1. The van der Waals surface area contributed by atoms with E-state index < -0.39 is 30.0 Å². The minimum absolute atomic E-state index is 0.274. The number of fused-ring (bicyclic) bond motifs is 2. The highest BCUT2D eigenvalue weighted by Crippen LogP contribution is 2.53. The van der Waals surface area contributed by atoms with Gasteiger partial charge in [-0.25, -0.2) is 9.50 Å². The maximum atomic E-state index is 12.4. The van der Waals surface area contributed by atoms with Gasteiger partial charge in [0.05, 0.1) is 12.3 Å². The number of aliphatic hydroxyl groups excluding tert-OH is 2. The van der Waals surface area contributed by atoms with Gasteiger partial charge in [-0.3, -0.25) is 4.79 Å². The average Bonchev–Trinajstić information content (AvgIpc) is 2.99. The minimum Gasteiger partial charge on any atom is -0.394 e. The van der Waals surface area contributed by atoms with Crippen LogP contribution >= 0.6 is 0 Å². The van der Waals surface area contributed by atoms with Crippen molar-refractivity contribution in [2.75, 3.05) is 12.3 Å². The first-order valence-electron chi connectivity index (χ1n) is 6.84. The lowest BCUT2D eigenvalue weighted by Crippen LogP contribution is -2.79. The van der Waals surface area contributed by atoms with Crippen LogP contribution in [-0.2, 0) is 15.1 Å². The number of rotatable bonds is 2. The van der Waals surface area contributed by atoms with E-state index in [-0.39, 0.29) is 11.7 Å². The van der Waals surface area contributed by atoms with Crippen LogP contribution in [-0.4, -0.2) is 55.1 Å². The summed E-state index contributed by atoms with van der Waals surface area (Å²) in [6.07, 6.45) is -0.626. The number of aliphatic hydroxyl groups is 2. The monoisotopic (exact) mass is 305 g/mol. The van der Waals surface area contributed by atoms with Crippen molar-refractivity contribution in [1.29, 1.82) is 0 Å². The maximum absolute atomic E-state index is 12.4. The zero-order valence-corrected chi connectivity index (χ0v) is 11.7. The summed E-state index contributed by atoms with van der Waals surface area (Å²) < 4.78 is 7.26. The quantitative estimate of drug-likeness (QED) is 0.478. The van der Waals surface area contributed by atoms with E-state index in [1.54, 1.807) is 19.1 Å². The molecule has 0 spiro atoms. The van der Waals surface area contributed by atoms with Crippen LogP contribution in [0, 0.1) is 0 Å². The molecule has 0 radical (unpaired) electrons. The topological polar surface area (TPSA) is 135 Å². The molecule has 4 rings (SSSR count). The molecule has 2 aliphatic rings. The lowest BCUT2D eigenvalue weighted by Gasteiger charge is -2.51. The predicted molar refractivity (Wildman–Crippen MR) is 73.6 cm³/mol. The van der Waals surface area contributed by atoms with E-state index >= 15 is 0 Å². The number of carbonyl (C=O) groups is 1. The van der Waals surface area contributed by atoms with Crippen LogP contribution in [0.25, 0.3) is 5.52 Å². The van der Waals surface area contributed by atoms with Gasteiger partial charge in [-0.15, -0.1) is 0 Å². The summed E-state index contributed by atoms with van der Waals surface area (Å²) in [4.78, 5) is 16.3. The second-order valence-electron chi connectivity index (χ2n) is 5.78. The summed E-state index contributed by atoms with van der Waals surface area (Å²) in [5.74, 6) is -0.112. The highest BCUT2D eigenvalue weighted by atomic mass is 16.6. The first-order valence-corrected chi connectivity index (χ1v) is 6.84. The lowest BCUT2D eigenvalue weighted by atomic mass is 9.69. The van der Waals surface area contributed by atoms with Gasteiger partial charge in [0.25, 0.3) is 5.91 Å². The Bertz CT molecular complexity index is 792.